The van der Waals surface area contributed by atoms with Gasteiger partial charge in [-0.1, -0.05) is 6.07 Å². The standard InChI is InChI=1S/C24H26N4O3/c1-15-25-13-20(16-4-7-22(27-11-16)24(29)8-3-9-24)23(28-15)31-14-17-10-19(17)21-6-5-18(30-2)12-26-21/h4-7,11-13,17,19,29H,3,8-10,14H2,1-2H3. The molecular formula is C24H26N4O3. The fraction of sp³-hybridized carbons (Fsp3) is 0.417. The van der Waals surface area contributed by atoms with Crippen LogP contribution in [0.5, 0.6) is 11.6 Å². The highest BCUT2D eigenvalue weighted by atomic mass is 16.5. The minimum atomic E-state index is -0.766. The van der Waals surface area contributed by atoms with Crippen molar-refractivity contribution in [3.05, 3.63) is 60.1 Å². The average molecular weight is 418 g/mol. The second-order valence-electron chi connectivity index (χ2n) is 8.49. The van der Waals surface area contributed by atoms with Crippen molar-refractivity contribution < 1.29 is 14.6 Å². The molecule has 0 spiro atoms. The maximum atomic E-state index is 10.5. The van der Waals surface area contributed by atoms with Crippen LogP contribution in [0.4, 0.5) is 0 Å². The Morgan fingerprint density at radius 1 is 1.06 bits per heavy atom. The van der Waals surface area contributed by atoms with Gasteiger partial charge in [0.1, 0.15) is 17.2 Å². The molecule has 0 aliphatic heterocycles. The van der Waals surface area contributed by atoms with Gasteiger partial charge in [0.15, 0.2) is 0 Å². The Bertz CT molecular complexity index is 1070. The van der Waals surface area contributed by atoms with Gasteiger partial charge >= 0.3 is 0 Å². The molecule has 31 heavy (non-hydrogen) atoms. The van der Waals surface area contributed by atoms with Crippen LogP contribution >= 0.6 is 0 Å². The number of methoxy groups -OCH3 is 1. The Balaban J connectivity index is 1.28. The quantitative estimate of drug-likeness (QED) is 0.624. The molecule has 2 atom stereocenters. The molecule has 2 saturated carbocycles. The summed E-state index contributed by atoms with van der Waals surface area (Å²) in [6.45, 7) is 2.43. The van der Waals surface area contributed by atoms with Gasteiger partial charge in [-0.3, -0.25) is 9.97 Å². The third-order valence-electron chi connectivity index (χ3n) is 6.34. The van der Waals surface area contributed by atoms with Crippen LogP contribution in [0.1, 0.15) is 48.8 Å². The summed E-state index contributed by atoms with van der Waals surface area (Å²) in [5.41, 5.74) is 2.72. The summed E-state index contributed by atoms with van der Waals surface area (Å²) in [4.78, 5) is 17.9. The Hall–Kier alpha value is -3.06. The van der Waals surface area contributed by atoms with Gasteiger partial charge in [-0.15, -0.1) is 0 Å². The largest absolute Gasteiger partial charge is 0.495 e. The van der Waals surface area contributed by atoms with Crippen LogP contribution < -0.4 is 9.47 Å². The highest BCUT2D eigenvalue weighted by Crippen LogP contribution is 2.47. The molecule has 2 unspecified atom stereocenters. The van der Waals surface area contributed by atoms with Crippen LogP contribution in [0.15, 0.2) is 42.9 Å². The minimum absolute atomic E-state index is 0.404. The van der Waals surface area contributed by atoms with Crippen molar-refractivity contribution in [2.45, 2.75) is 44.1 Å². The summed E-state index contributed by atoms with van der Waals surface area (Å²) in [6.07, 6.45) is 8.94. The highest BCUT2D eigenvalue weighted by Gasteiger charge is 2.40. The van der Waals surface area contributed by atoms with Gasteiger partial charge in [-0.05, 0) is 50.8 Å². The number of aromatic nitrogens is 4. The van der Waals surface area contributed by atoms with Crippen molar-refractivity contribution in [1.29, 1.82) is 0 Å². The lowest BCUT2D eigenvalue weighted by molar-refractivity contribution is -0.0426. The van der Waals surface area contributed by atoms with E-state index in [-0.39, 0.29) is 0 Å². The third-order valence-corrected chi connectivity index (χ3v) is 6.34. The van der Waals surface area contributed by atoms with E-state index in [0.29, 0.717) is 30.1 Å². The smallest absolute Gasteiger partial charge is 0.224 e. The zero-order chi connectivity index (χ0) is 21.4. The van der Waals surface area contributed by atoms with Gasteiger partial charge in [-0.25, -0.2) is 4.98 Å². The molecule has 7 nitrogen and oxygen atoms in total. The van der Waals surface area contributed by atoms with Crippen molar-refractivity contribution in [3.63, 3.8) is 0 Å². The zero-order valence-corrected chi connectivity index (χ0v) is 17.8. The maximum absolute atomic E-state index is 10.5. The fourth-order valence-corrected chi connectivity index (χ4v) is 4.07. The van der Waals surface area contributed by atoms with Crippen molar-refractivity contribution >= 4 is 0 Å². The van der Waals surface area contributed by atoms with Crippen molar-refractivity contribution in [2.75, 3.05) is 13.7 Å². The predicted molar refractivity (Wildman–Crippen MR) is 115 cm³/mol. The first-order chi connectivity index (χ1) is 15.1. The molecule has 3 heterocycles. The Labute approximate surface area is 181 Å². The number of hydrogen-bond acceptors (Lipinski definition) is 7. The molecule has 7 heteroatoms. The molecule has 0 saturated heterocycles. The van der Waals surface area contributed by atoms with Crippen LogP contribution in [0, 0.1) is 12.8 Å². The van der Waals surface area contributed by atoms with Gasteiger partial charge in [0, 0.05) is 35.5 Å². The molecule has 3 aromatic heterocycles. The lowest BCUT2D eigenvalue weighted by Gasteiger charge is -2.35. The monoisotopic (exact) mass is 418 g/mol. The first-order valence-corrected chi connectivity index (χ1v) is 10.7. The number of hydrogen-bond donors (Lipinski definition) is 1. The van der Waals surface area contributed by atoms with Gasteiger partial charge in [0.2, 0.25) is 5.88 Å². The Kier molecular flexibility index (Phi) is 5.06. The molecule has 0 radical (unpaired) electrons. The lowest BCUT2D eigenvalue weighted by atomic mass is 9.77. The summed E-state index contributed by atoms with van der Waals surface area (Å²) in [6, 6.07) is 7.82. The molecule has 2 aliphatic carbocycles. The average Bonchev–Trinajstić information content (AvgIpc) is 3.56. The number of pyridine rings is 2. The molecule has 2 fully saturated rings. The summed E-state index contributed by atoms with van der Waals surface area (Å²) in [5, 5.41) is 10.5. The third kappa shape index (κ3) is 3.97. The van der Waals surface area contributed by atoms with E-state index in [1.54, 1.807) is 25.7 Å². The van der Waals surface area contributed by atoms with Crippen LogP contribution in [-0.4, -0.2) is 38.8 Å². The number of rotatable bonds is 7. The second kappa shape index (κ2) is 7.89. The predicted octanol–water partition coefficient (Wildman–Crippen LogP) is 3.80. The first-order valence-electron chi connectivity index (χ1n) is 10.7. The summed E-state index contributed by atoms with van der Waals surface area (Å²) in [7, 11) is 1.64. The molecule has 160 valence electrons. The highest BCUT2D eigenvalue weighted by molar-refractivity contribution is 5.67. The summed E-state index contributed by atoms with van der Waals surface area (Å²) >= 11 is 0. The van der Waals surface area contributed by atoms with Crippen molar-refractivity contribution in [2.24, 2.45) is 5.92 Å². The molecule has 2 aliphatic rings. The number of nitrogens with zero attached hydrogens (tertiary/aromatic N) is 4. The molecule has 1 N–H and O–H groups in total. The normalized spacial score (nSPS) is 21.3. The SMILES string of the molecule is COc1ccc(C2CC2COc2nc(C)ncc2-c2ccc(C3(O)CCC3)nc2)nc1. The number of aliphatic hydroxyl groups is 1. The van der Waals surface area contributed by atoms with Gasteiger partial charge in [-0.2, -0.15) is 4.98 Å². The van der Waals surface area contributed by atoms with E-state index in [0.717, 1.165) is 53.9 Å². The van der Waals surface area contributed by atoms with Crippen LogP contribution in [0.2, 0.25) is 0 Å². The molecular weight excluding hydrogens is 392 g/mol. The molecule has 0 amide bonds. The maximum Gasteiger partial charge on any atom is 0.224 e. The van der Waals surface area contributed by atoms with E-state index in [1.165, 1.54) is 0 Å². The van der Waals surface area contributed by atoms with Crippen molar-refractivity contribution in [1.82, 2.24) is 19.9 Å². The number of aryl methyl sites for hydroxylation is 1. The lowest BCUT2D eigenvalue weighted by Crippen LogP contribution is -2.34. The van der Waals surface area contributed by atoms with E-state index >= 15 is 0 Å². The first kappa shape index (κ1) is 19.9. The Morgan fingerprint density at radius 2 is 1.94 bits per heavy atom. The van der Waals surface area contributed by atoms with Crippen LogP contribution in [0.3, 0.4) is 0 Å². The Morgan fingerprint density at radius 3 is 2.58 bits per heavy atom. The van der Waals surface area contributed by atoms with E-state index in [4.69, 9.17) is 9.47 Å². The van der Waals surface area contributed by atoms with Gasteiger partial charge < -0.3 is 14.6 Å². The van der Waals surface area contributed by atoms with E-state index in [2.05, 4.69) is 19.9 Å². The molecule has 5 rings (SSSR count). The van der Waals surface area contributed by atoms with E-state index in [9.17, 15) is 5.11 Å². The zero-order valence-electron chi connectivity index (χ0n) is 17.8. The van der Waals surface area contributed by atoms with Crippen LogP contribution in [-0.2, 0) is 5.60 Å². The summed E-state index contributed by atoms with van der Waals surface area (Å²) in [5.74, 6) is 2.82. The van der Waals surface area contributed by atoms with E-state index in [1.807, 2.05) is 31.2 Å². The van der Waals surface area contributed by atoms with Gasteiger partial charge in [0.25, 0.3) is 0 Å². The molecule has 0 aromatic carbocycles. The minimum Gasteiger partial charge on any atom is -0.495 e. The van der Waals surface area contributed by atoms with Crippen LogP contribution in [0.25, 0.3) is 11.1 Å². The summed E-state index contributed by atoms with van der Waals surface area (Å²) < 4.78 is 11.3. The van der Waals surface area contributed by atoms with E-state index < -0.39 is 5.60 Å². The second-order valence-corrected chi connectivity index (χ2v) is 8.49. The fourth-order valence-electron chi connectivity index (χ4n) is 4.07. The van der Waals surface area contributed by atoms with Crippen molar-refractivity contribution in [3.8, 4) is 22.8 Å². The molecule has 0 bridgehead atoms. The molecule has 3 aromatic rings. The topological polar surface area (TPSA) is 90.2 Å². The van der Waals surface area contributed by atoms with Gasteiger partial charge in [0.05, 0.1) is 31.2 Å². The number of ether oxygens (including phenoxy) is 2.